The molecule has 0 bridgehead atoms. The molecule has 1 unspecified atom stereocenters. The normalized spacial score (nSPS) is 12.0. The lowest BCUT2D eigenvalue weighted by atomic mass is 10.2. The molecule has 2 heteroatoms. The lowest BCUT2D eigenvalue weighted by Crippen LogP contribution is -2.06. The van der Waals surface area contributed by atoms with E-state index in [0.29, 0.717) is 0 Å². The zero-order chi connectivity index (χ0) is 9.52. The average molecular weight is 176 g/mol. The van der Waals surface area contributed by atoms with E-state index in [1.807, 2.05) is 30.3 Å². The predicted octanol–water partition coefficient (Wildman–Crippen LogP) is 1.98. The Morgan fingerprint density at radius 1 is 1.38 bits per heavy atom. The molecule has 68 valence electrons. The molecule has 0 radical (unpaired) electrons. The number of methoxy groups -OCH3 is 1. The second-order valence-electron chi connectivity index (χ2n) is 2.49. The van der Waals surface area contributed by atoms with Crippen molar-refractivity contribution in [3.8, 4) is 12.3 Å². The summed E-state index contributed by atoms with van der Waals surface area (Å²) in [5, 5.41) is 0. The van der Waals surface area contributed by atoms with E-state index < -0.39 is 0 Å². The molecule has 2 nitrogen and oxygen atoms in total. The minimum absolute atomic E-state index is 0.257. The van der Waals surface area contributed by atoms with Gasteiger partial charge >= 0.3 is 0 Å². The van der Waals surface area contributed by atoms with Crippen molar-refractivity contribution in [3.63, 3.8) is 0 Å². The Bertz CT molecular complexity index is 274. The van der Waals surface area contributed by atoms with Gasteiger partial charge < -0.3 is 9.47 Å². The molecule has 0 aliphatic carbocycles. The monoisotopic (exact) mass is 176 g/mol. The first-order valence-electron chi connectivity index (χ1n) is 4.01. The van der Waals surface area contributed by atoms with Crippen LogP contribution in [0.15, 0.2) is 30.3 Å². The first-order valence-corrected chi connectivity index (χ1v) is 4.01. The summed E-state index contributed by atoms with van der Waals surface area (Å²) in [4.78, 5) is 0. The summed E-state index contributed by atoms with van der Waals surface area (Å²) in [6.45, 7) is 0.257. The van der Waals surface area contributed by atoms with Crippen molar-refractivity contribution in [1.82, 2.24) is 0 Å². The summed E-state index contributed by atoms with van der Waals surface area (Å²) in [7, 11) is 1.59. The van der Waals surface area contributed by atoms with Crippen LogP contribution in [0.5, 0.6) is 0 Å². The molecule has 0 aromatic heterocycles. The fraction of sp³-hybridized carbons (Fsp3) is 0.273. The van der Waals surface area contributed by atoms with E-state index >= 15 is 0 Å². The van der Waals surface area contributed by atoms with Crippen molar-refractivity contribution in [2.24, 2.45) is 0 Å². The van der Waals surface area contributed by atoms with Crippen LogP contribution in [0.3, 0.4) is 0 Å². The summed E-state index contributed by atoms with van der Waals surface area (Å²) in [5.74, 6) is 2.40. The van der Waals surface area contributed by atoms with Gasteiger partial charge in [-0.2, -0.15) is 0 Å². The summed E-state index contributed by atoms with van der Waals surface area (Å²) in [5.41, 5.74) is 0.972. The van der Waals surface area contributed by atoms with E-state index in [1.165, 1.54) is 0 Å². The van der Waals surface area contributed by atoms with E-state index in [1.54, 1.807) is 7.11 Å². The molecule has 13 heavy (non-hydrogen) atoms. The van der Waals surface area contributed by atoms with Crippen LogP contribution in [0.1, 0.15) is 11.9 Å². The first-order chi connectivity index (χ1) is 6.38. The Balaban J connectivity index is 2.63. The van der Waals surface area contributed by atoms with Crippen LogP contribution in [0.4, 0.5) is 0 Å². The fourth-order valence-electron chi connectivity index (χ4n) is 1.03. The standard InChI is InChI=1S/C11H12O2/c1-3-9-13-11(12-2)10-7-5-4-6-8-10/h1,4-8,11H,9H2,2H3. The van der Waals surface area contributed by atoms with Crippen LogP contribution < -0.4 is 0 Å². The molecule has 0 aliphatic rings. The molecule has 0 amide bonds. The third-order valence-electron chi connectivity index (χ3n) is 1.60. The van der Waals surface area contributed by atoms with Crippen LogP contribution in [-0.4, -0.2) is 13.7 Å². The van der Waals surface area contributed by atoms with Gasteiger partial charge in [-0.25, -0.2) is 0 Å². The minimum Gasteiger partial charge on any atom is -0.352 e. The summed E-state index contributed by atoms with van der Waals surface area (Å²) >= 11 is 0. The van der Waals surface area contributed by atoms with Gasteiger partial charge in [0.2, 0.25) is 0 Å². The van der Waals surface area contributed by atoms with Gasteiger partial charge in [0, 0.05) is 12.7 Å². The number of rotatable bonds is 4. The summed E-state index contributed by atoms with van der Waals surface area (Å²) in [6, 6.07) is 9.67. The van der Waals surface area contributed by atoms with Gasteiger partial charge in [0.05, 0.1) is 0 Å². The molecule has 1 aromatic carbocycles. The van der Waals surface area contributed by atoms with Crippen LogP contribution >= 0.6 is 0 Å². The highest BCUT2D eigenvalue weighted by molar-refractivity contribution is 5.15. The fourth-order valence-corrected chi connectivity index (χ4v) is 1.03. The zero-order valence-electron chi connectivity index (χ0n) is 7.57. The van der Waals surface area contributed by atoms with E-state index in [2.05, 4.69) is 5.92 Å². The molecule has 0 heterocycles. The number of hydrogen-bond acceptors (Lipinski definition) is 2. The second-order valence-corrected chi connectivity index (χ2v) is 2.49. The van der Waals surface area contributed by atoms with Crippen molar-refractivity contribution < 1.29 is 9.47 Å². The Kier molecular flexibility index (Phi) is 4.04. The Hall–Kier alpha value is -1.30. The number of ether oxygens (including phenoxy) is 2. The third-order valence-corrected chi connectivity index (χ3v) is 1.60. The lowest BCUT2D eigenvalue weighted by Gasteiger charge is -2.14. The predicted molar refractivity (Wildman–Crippen MR) is 51.0 cm³/mol. The van der Waals surface area contributed by atoms with Gasteiger partial charge in [-0.15, -0.1) is 6.42 Å². The lowest BCUT2D eigenvalue weighted by molar-refractivity contribution is -0.117. The van der Waals surface area contributed by atoms with Crippen LogP contribution in [0, 0.1) is 12.3 Å². The largest absolute Gasteiger partial charge is 0.352 e. The molecule has 0 fully saturated rings. The summed E-state index contributed by atoms with van der Waals surface area (Å²) < 4.78 is 10.4. The molecule has 0 spiro atoms. The van der Waals surface area contributed by atoms with Crippen molar-refractivity contribution in [3.05, 3.63) is 35.9 Å². The molecule has 1 atom stereocenters. The molecule has 1 rings (SSSR count). The Morgan fingerprint density at radius 2 is 2.08 bits per heavy atom. The van der Waals surface area contributed by atoms with Crippen LogP contribution in [-0.2, 0) is 9.47 Å². The Labute approximate surface area is 78.5 Å². The molecule has 0 aliphatic heterocycles. The van der Waals surface area contributed by atoms with Crippen molar-refractivity contribution in [2.45, 2.75) is 6.29 Å². The van der Waals surface area contributed by atoms with Crippen LogP contribution in [0.2, 0.25) is 0 Å². The molecule has 0 N–H and O–H groups in total. The van der Waals surface area contributed by atoms with Gasteiger partial charge in [0.1, 0.15) is 6.61 Å². The molecule has 0 saturated heterocycles. The molecule has 0 saturated carbocycles. The number of hydrogen-bond donors (Lipinski definition) is 0. The topological polar surface area (TPSA) is 18.5 Å². The highest BCUT2D eigenvalue weighted by Gasteiger charge is 2.08. The second kappa shape index (κ2) is 5.36. The van der Waals surface area contributed by atoms with Gasteiger partial charge in [0.15, 0.2) is 6.29 Å². The number of terminal acetylenes is 1. The third kappa shape index (κ3) is 2.90. The average Bonchev–Trinajstić information content (AvgIpc) is 2.21. The van der Waals surface area contributed by atoms with Crippen LogP contribution in [0.25, 0.3) is 0 Å². The van der Waals surface area contributed by atoms with Gasteiger partial charge in [0.25, 0.3) is 0 Å². The quantitative estimate of drug-likeness (QED) is 0.516. The SMILES string of the molecule is C#CCOC(OC)c1ccccc1. The zero-order valence-corrected chi connectivity index (χ0v) is 7.57. The maximum absolute atomic E-state index is 5.27. The van der Waals surface area contributed by atoms with E-state index in [4.69, 9.17) is 15.9 Å². The van der Waals surface area contributed by atoms with Gasteiger partial charge in [-0.3, -0.25) is 0 Å². The maximum atomic E-state index is 5.27. The van der Waals surface area contributed by atoms with E-state index in [9.17, 15) is 0 Å². The highest BCUT2D eigenvalue weighted by Crippen LogP contribution is 2.16. The number of benzene rings is 1. The van der Waals surface area contributed by atoms with E-state index in [-0.39, 0.29) is 12.9 Å². The van der Waals surface area contributed by atoms with Gasteiger partial charge in [-0.05, 0) is 0 Å². The van der Waals surface area contributed by atoms with Gasteiger partial charge in [-0.1, -0.05) is 36.3 Å². The minimum atomic E-state index is -0.364. The molecular weight excluding hydrogens is 164 g/mol. The highest BCUT2D eigenvalue weighted by atomic mass is 16.7. The molecular formula is C11H12O2. The van der Waals surface area contributed by atoms with Crippen molar-refractivity contribution >= 4 is 0 Å². The molecule has 1 aromatic rings. The Morgan fingerprint density at radius 3 is 2.62 bits per heavy atom. The smallest absolute Gasteiger partial charge is 0.184 e. The summed E-state index contributed by atoms with van der Waals surface area (Å²) in [6.07, 6.45) is 4.72. The van der Waals surface area contributed by atoms with E-state index in [0.717, 1.165) is 5.56 Å². The van der Waals surface area contributed by atoms with Crippen molar-refractivity contribution in [1.29, 1.82) is 0 Å². The van der Waals surface area contributed by atoms with Crippen molar-refractivity contribution in [2.75, 3.05) is 13.7 Å². The first kappa shape index (κ1) is 9.79. The maximum Gasteiger partial charge on any atom is 0.184 e.